The molecule has 0 aliphatic carbocycles. The predicted molar refractivity (Wildman–Crippen MR) is 112 cm³/mol. The number of nitrogens with two attached hydrogens (primary N) is 1. The minimum Gasteiger partial charge on any atom is -0.437 e. The normalized spacial score (nSPS) is 10.8. The van der Waals surface area contributed by atoms with Crippen molar-refractivity contribution in [3.63, 3.8) is 0 Å². The molecule has 0 saturated carbocycles. The molecule has 0 atom stereocenters. The first-order valence-electron chi connectivity index (χ1n) is 8.69. The van der Waals surface area contributed by atoms with Gasteiger partial charge in [0.15, 0.2) is 5.82 Å². The number of aromatic nitrogens is 3. The van der Waals surface area contributed by atoms with Gasteiger partial charge in [0.05, 0.1) is 11.2 Å². The van der Waals surface area contributed by atoms with Crippen LogP contribution in [0.3, 0.4) is 0 Å². The van der Waals surface area contributed by atoms with Crippen molar-refractivity contribution < 1.29 is 4.74 Å². The molecule has 0 spiro atoms. The van der Waals surface area contributed by atoms with E-state index in [9.17, 15) is 0 Å². The van der Waals surface area contributed by atoms with Crippen molar-refractivity contribution in [2.45, 2.75) is 13.8 Å². The zero-order valence-corrected chi connectivity index (χ0v) is 16.2. The Labute approximate surface area is 167 Å². The minimum absolute atomic E-state index is 0.270. The summed E-state index contributed by atoms with van der Waals surface area (Å²) in [6.45, 7) is 3.85. The monoisotopic (exact) mass is 391 g/mol. The topological polar surface area (TPSA) is 86.0 Å². The van der Waals surface area contributed by atoms with Crippen molar-refractivity contribution in [1.82, 2.24) is 15.0 Å². The van der Waals surface area contributed by atoms with E-state index in [2.05, 4.69) is 20.3 Å². The van der Waals surface area contributed by atoms with E-state index in [1.165, 1.54) is 6.33 Å². The number of halogens is 1. The zero-order valence-electron chi connectivity index (χ0n) is 15.4. The van der Waals surface area contributed by atoms with Crippen LogP contribution in [0.5, 0.6) is 11.6 Å². The maximum Gasteiger partial charge on any atom is 0.248 e. The zero-order chi connectivity index (χ0) is 19.7. The Balaban J connectivity index is 1.67. The fraction of sp³-hybridized carbons (Fsp3) is 0.0952. The van der Waals surface area contributed by atoms with Gasteiger partial charge < -0.3 is 15.8 Å². The standard InChI is InChI=1S/C21H18ClN5O/c1-12-9-15(10-13(2)17(12)22)28-21-18(23)20(25-11-26-21)27-16-7-3-5-14-6-4-8-24-19(14)16/h3-11H,23H2,1-2H3,(H,25,26,27). The third-order valence-electron chi connectivity index (χ3n) is 4.36. The highest BCUT2D eigenvalue weighted by atomic mass is 35.5. The van der Waals surface area contributed by atoms with Gasteiger partial charge in [-0.15, -0.1) is 0 Å². The molecule has 140 valence electrons. The molecule has 0 amide bonds. The molecule has 6 nitrogen and oxygen atoms in total. The van der Waals surface area contributed by atoms with E-state index in [1.807, 2.05) is 56.3 Å². The Morgan fingerprint density at radius 3 is 2.54 bits per heavy atom. The van der Waals surface area contributed by atoms with Crippen LogP contribution in [-0.2, 0) is 0 Å². The van der Waals surface area contributed by atoms with Crippen LogP contribution in [-0.4, -0.2) is 15.0 Å². The molecular formula is C21H18ClN5O. The molecule has 0 bridgehead atoms. The summed E-state index contributed by atoms with van der Waals surface area (Å²) >= 11 is 6.23. The number of ether oxygens (including phenoxy) is 1. The number of hydrogen-bond acceptors (Lipinski definition) is 6. The highest BCUT2D eigenvalue weighted by Gasteiger charge is 2.13. The first kappa shape index (κ1) is 18.0. The van der Waals surface area contributed by atoms with Gasteiger partial charge in [-0.2, -0.15) is 4.98 Å². The molecule has 0 fully saturated rings. The number of hydrogen-bond donors (Lipinski definition) is 2. The smallest absolute Gasteiger partial charge is 0.248 e. The van der Waals surface area contributed by atoms with E-state index in [0.717, 1.165) is 27.7 Å². The van der Waals surface area contributed by atoms with Gasteiger partial charge >= 0.3 is 0 Å². The summed E-state index contributed by atoms with van der Waals surface area (Å²) < 4.78 is 5.90. The average Bonchev–Trinajstić information content (AvgIpc) is 2.69. The van der Waals surface area contributed by atoms with Gasteiger partial charge in [0, 0.05) is 16.6 Å². The molecule has 3 N–H and O–H groups in total. The molecule has 2 aromatic carbocycles. The molecule has 28 heavy (non-hydrogen) atoms. The fourth-order valence-electron chi connectivity index (χ4n) is 2.97. The number of nitrogens with zero attached hydrogens (tertiary/aromatic N) is 3. The van der Waals surface area contributed by atoms with Crippen LogP contribution >= 0.6 is 11.6 Å². The van der Waals surface area contributed by atoms with Crippen molar-refractivity contribution in [3.8, 4) is 11.6 Å². The third-order valence-corrected chi connectivity index (χ3v) is 4.95. The van der Waals surface area contributed by atoms with Crippen molar-refractivity contribution in [1.29, 1.82) is 0 Å². The lowest BCUT2D eigenvalue weighted by Gasteiger charge is -2.14. The Bertz CT molecular complexity index is 1150. The number of nitrogen functional groups attached to an aromatic ring is 1. The van der Waals surface area contributed by atoms with Crippen LogP contribution in [0.1, 0.15) is 11.1 Å². The number of nitrogens with one attached hydrogen (secondary N) is 1. The molecule has 0 unspecified atom stereocenters. The van der Waals surface area contributed by atoms with Gasteiger partial charge in [0.1, 0.15) is 17.8 Å². The second-order valence-electron chi connectivity index (χ2n) is 6.42. The molecule has 4 aromatic rings. The number of rotatable bonds is 4. The minimum atomic E-state index is 0.270. The summed E-state index contributed by atoms with van der Waals surface area (Å²) in [5.74, 6) is 1.33. The SMILES string of the molecule is Cc1cc(Oc2ncnc(Nc3cccc4cccnc34)c2N)cc(C)c1Cl. The number of pyridine rings is 1. The molecular weight excluding hydrogens is 374 g/mol. The third kappa shape index (κ3) is 3.42. The highest BCUT2D eigenvalue weighted by molar-refractivity contribution is 6.32. The lowest BCUT2D eigenvalue weighted by Crippen LogP contribution is -2.04. The van der Waals surface area contributed by atoms with Crippen molar-refractivity contribution in [2.24, 2.45) is 0 Å². The summed E-state index contributed by atoms with van der Waals surface area (Å²) in [4.78, 5) is 12.9. The molecule has 2 aromatic heterocycles. The average molecular weight is 392 g/mol. The molecule has 0 saturated heterocycles. The quantitative estimate of drug-likeness (QED) is 0.483. The summed E-state index contributed by atoms with van der Waals surface area (Å²) in [6.07, 6.45) is 3.15. The second-order valence-corrected chi connectivity index (χ2v) is 6.80. The first-order chi connectivity index (χ1) is 13.5. The molecule has 7 heteroatoms. The Hall–Kier alpha value is -3.38. The molecule has 0 aliphatic rings. The van der Waals surface area contributed by atoms with Crippen LogP contribution in [0.2, 0.25) is 5.02 Å². The van der Waals surface area contributed by atoms with Gasteiger partial charge in [0.2, 0.25) is 5.88 Å². The number of anilines is 3. The van der Waals surface area contributed by atoms with Gasteiger partial charge in [-0.05, 0) is 49.2 Å². The summed E-state index contributed by atoms with van der Waals surface area (Å²) in [5, 5.41) is 4.97. The van der Waals surface area contributed by atoms with E-state index in [4.69, 9.17) is 22.1 Å². The fourth-order valence-corrected chi connectivity index (χ4v) is 3.08. The van der Waals surface area contributed by atoms with Crippen molar-refractivity contribution in [2.75, 3.05) is 11.1 Å². The van der Waals surface area contributed by atoms with Gasteiger partial charge in [-0.3, -0.25) is 4.98 Å². The highest BCUT2D eigenvalue weighted by Crippen LogP contribution is 2.34. The second kappa shape index (κ2) is 7.32. The lowest BCUT2D eigenvalue weighted by atomic mass is 10.1. The maximum absolute atomic E-state index is 6.27. The van der Waals surface area contributed by atoms with Gasteiger partial charge in [0.25, 0.3) is 0 Å². The van der Waals surface area contributed by atoms with Crippen LogP contribution in [0.15, 0.2) is 55.0 Å². The van der Waals surface area contributed by atoms with Crippen LogP contribution in [0, 0.1) is 13.8 Å². The number of benzene rings is 2. The molecule has 0 aliphatic heterocycles. The largest absolute Gasteiger partial charge is 0.437 e. The summed E-state index contributed by atoms with van der Waals surface area (Å²) in [7, 11) is 0. The number of fused-ring (bicyclic) bond motifs is 1. The molecule has 2 heterocycles. The number of aryl methyl sites for hydroxylation is 2. The Kier molecular flexibility index (Phi) is 4.71. The van der Waals surface area contributed by atoms with E-state index in [0.29, 0.717) is 22.3 Å². The van der Waals surface area contributed by atoms with E-state index in [-0.39, 0.29) is 5.88 Å². The van der Waals surface area contributed by atoms with Crippen molar-refractivity contribution >= 4 is 39.7 Å². The van der Waals surface area contributed by atoms with Crippen molar-refractivity contribution in [3.05, 3.63) is 71.1 Å². The van der Waals surface area contributed by atoms with Gasteiger partial charge in [-0.25, -0.2) is 4.98 Å². The first-order valence-corrected chi connectivity index (χ1v) is 9.06. The molecule has 0 radical (unpaired) electrons. The molecule has 4 rings (SSSR count). The summed E-state index contributed by atoms with van der Waals surface area (Å²) in [5.41, 5.74) is 10.0. The van der Waals surface area contributed by atoms with E-state index < -0.39 is 0 Å². The number of para-hydroxylation sites is 1. The van der Waals surface area contributed by atoms with E-state index >= 15 is 0 Å². The van der Waals surface area contributed by atoms with Crippen LogP contribution < -0.4 is 15.8 Å². The Morgan fingerprint density at radius 2 is 1.75 bits per heavy atom. The summed E-state index contributed by atoms with van der Waals surface area (Å²) in [6, 6.07) is 13.4. The Morgan fingerprint density at radius 1 is 1.00 bits per heavy atom. The lowest BCUT2D eigenvalue weighted by molar-refractivity contribution is 0.464. The van der Waals surface area contributed by atoms with Crippen LogP contribution in [0.4, 0.5) is 17.2 Å². The predicted octanol–water partition coefficient (Wildman–Crippen LogP) is 5.41. The van der Waals surface area contributed by atoms with Crippen LogP contribution in [0.25, 0.3) is 10.9 Å². The van der Waals surface area contributed by atoms with E-state index in [1.54, 1.807) is 6.20 Å². The van der Waals surface area contributed by atoms with Gasteiger partial charge in [-0.1, -0.05) is 29.8 Å². The maximum atomic E-state index is 6.27.